The first kappa shape index (κ1) is 25.5. The molecular weight excluding hydrogens is 356 g/mol. The van der Waals surface area contributed by atoms with Crippen molar-refractivity contribution in [2.24, 2.45) is 0 Å². The van der Waals surface area contributed by atoms with Crippen LogP contribution in [0.2, 0.25) is 0 Å². The van der Waals surface area contributed by atoms with E-state index >= 15 is 0 Å². The van der Waals surface area contributed by atoms with Gasteiger partial charge >= 0.3 is 5.97 Å². The van der Waals surface area contributed by atoms with Gasteiger partial charge in [0.1, 0.15) is 0 Å². The van der Waals surface area contributed by atoms with Gasteiger partial charge in [0, 0.05) is 6.42 Å². The van der Waals surface area contributed by atoms with Gasteiger partial charge in [-0.05, 0) is 43.2 Å². The molecule has 0 fully saturated rings. The molecule has 0 N–H and O–H groups in total. The molecule has 1 aromatic rings. The van der Waals surface area contributed by atoms with Crippen molar-refractivity contribution < 1.29 is 9.53 Å². The lowest BCUT2D eigenvalue weighted by atomic mass is 9.99. The average Bonchev–Trinajstić information content (AvgIpc) is 2.75. The van der Waals surface area contributed by atoms with Gasteiger partial charge in [-0.1, -0.05) is 108 Å². The summed E-state index contributed by atoms with van der Waals surface area (Å²) in [5, 5.41) is 0. The molecule has 0 spiro atoms. The number of rotatable bonds is 18. The fraction of sp³-hybridized carbons (Fsp3) is 0.667. The van der Waals surface area contributed by atoms with E-state index in [4.69, 9.17) is 0 Å². The second-order valence-electron chi connectivity index (χ2n) is 8.21. The van der Waals surface area contributed by atoms with Crippen LogP contribution < -0.4 is 0 Å². The number of methoxy groups -OCH3 is 1. The van der Waals surface area contributed by atoms with Crippen molar-refractivity contribution in [2.75, 3.05) is 7.11 Å². The lowest BCUT2D eigenvalue weighted by Gasteiger charge is -2.06. The van der Waals surface area contributed by atoms with E-state index in [1.165, 1.54) is 102 Å². The van der Waals surface area contributed by atoms with Gasteiger partial charge < -0.3 is 4.74 Å². The minimum Gasteiger partial charge on any atom is -0.469 e. The number of hydrogen-bond acceptors (Lipinski definition) is 2. The quantitative estimate of drug-likeness (QED) is 0.183. The first-order valence-electron chi connectivity index (χ1n) is 12.1. The summed E-state index contributed by atoms with van der Waals surface area (Å²) in [7, 11) is 1.46. The third-order valence-electron chi connectivity index (χ3n) is 5.63. The van der Waals surface area contributed by atoms with E-state index in [0.29, 0.717) is 6.42 Å². The molecular formula is C27H44O2. The van der Waals surface area contributed by atoms with Crippen LogP contribution in [0.5, 0.6) is 0 Å². The molecule has 0 amide bonds. The Morgan fingerprint density at radius 2 is 1.45 bits per heavy atom. The molecule has 164 valence electrons. The maximum Gasteiger partial charge on any atom is 0.305 e. The zero-order chi connectivity index (χ0) is 21.0. The SMILES string of the molecule is CCCCCCCCc1ccccc1/C=C/CCCCCCCCCC(=O)OC. The van der Waals surface area contributed by atoms with Crippen molar-refractivity contribution in [3.8, 4) is 0 Å². The number of benzene rings is 1. The number of carbonyl (C=O) groups excluding carboxylic acids is 1. The lowest BCUT2D eigenvalue weighted by Crippen LogP contribution is -1.99. The molecule has 0 atom stereocenters. The Hall–Kier alpha value is -1.57. The molecule has 0 saturated heterocycles. The van der Waals surface area contributed by atoms with Crippen molar-refractivity contribution >= 4 is 12.0 Å². The molecule has 0 aliphatic rings. The fourth-order valence-electron chi connectivity index (χ4n) is 3.75. The Morgan fingerprint density at radius 3 is 2.17 bits per heavy atom. The largest absolute Gasteiger partial charge is 0.469 e. The summed E-state index contributed by atoms with van der Waals surface area (Å²) in [5.74, 6) is -0.0784. The van der Waals surface area contributed by atoms with Crippen molar-refractivity contribution in [1.82, 2.24) is 0 Å². The fourth-order valence-corrected chi connectivity index (χ4v) is 3.75. The third-order valence-corrected chi connectivity index (χ3v) is 5.63. The Kier molecular flexibility index (Phi) is 16.2. The summed E-state index contributed by atoms with van der Waals surface area (Å²) in [6.07, 6.45) is 24.3. The van der Waals surface area contributed by atoms with E-state index in [1.54, 1.807) is 0 Å². The minimum atomic E-state index is -0.0784. The van der Waals surface area contributed by atoms with Crippen LogP contribution in [0, 0.1) is 0 Å². The second kappa shape index (κ2) is 18.5. The Bertz CT molecular complexity index is 547. The number of hydrogen-bond donors (Lipinski definition) is 0. The summed E-state index contributed by atoms with van der Waals surface area (Å²) < 4.78 is 4.66. The van der Waals surface area contributed by atoms with Gasteiger partial charge in [0.05, 0.1) is 7.11 Å². The highest BCUT2D eigenvalue weighted by molar-refractivity contribution is 5.68. The van der Waals surface area contributed by atoms with Gasteiger partial charge in [-0.25, -0.2) is 0 Å². The summed E-state index contributed by atoms with van der Waals surface area (Å²) in [6.45, 7) is 2.28. The normalized spacial score (nSPS) is 11.2. The second-order valence-corrected chi connectivity index (χ2v) is 8.21. The van der Waals surface area contributed by atoms with Crippen molar-refractivity contribution in [3.05, 3.63) is 41.5 Å². The highest BCUT2D eigenvalue weighted by Crippen LogP contribution is 2.16. The first-order chi connectivity index (χ1) is 14.3. The van der Waals surface area contributed by atoms with E-state index in [2.05, 4.69) is 48.1 Å². The van der Waals surface area contributed by atoms with Crippen molar-refractivity contribution in [3.63, 3.8) is 0 Å². The van der Waals surface area contributed by atoms with Gasteiger partial charge in [0.25, 0.3) is 0 Å². The van der Waals surface area contributed by atoms with E-state index in [1.807, 2.05) is 0 Å². The van der Waals surface area contributed by atoms with Crippen LogP contribution in [-0.2, 0) is 16.0 Å². The van der Waals surface area contributed by atoms with Gasteiger partial charge in [-0.2, -0.15) is 0 Å². The number of allylic oxidation sites excluding steroid dienone is 1. The molecule has 0 heterocycles. The minimum absolute atomic E-state index is 0.0784. The molecule has 1 aromatic carbocycles. The van der Waals surface area contributed by atoms with E-state index in [9.17, 15) is 4.79 Å². The lowest BCUT2D eigenvalue weighted by molar-refractivity contribution is -0.140. The highest BCUT2D eigenvalue weighted by Gasteiger charge is 2.00. The smallest absolute Gasteiger partial charge is 0.305 e. The summed E-state index contributed by atoms with van der Waals surface area (Å²) in [6, 6.07) is 8.89. The number of aryl methyl sites for hydroxylation is 1. The van der Waals surface area contributed by atoms with Crippen LogP contribution >= 0.6 is 0 Å². The van der Waals surface area contributed by atoms with Crippen molar-refractivity contribution in [2.45, 2.75) is 110 Å². The predicted molar refractivity (Wildman–Crippen MR) is 126 cm³/mol. The number of carbonyl (C=O) groups is 1. The molecule has 2 heteroatoms. The summed E-state index contributed by atoms with van der Waals surface area (Å²) >= 11 is 0. The highest BCUT2D eigenvalue weighted by atomic mass is 16.5. The Morgan fingerprint density at radius 1 is 0.828 bits per heavy atom. The number of esters is 1. The zero-order valence-corrected chi connectivity index (χ0v) is 19.1. The topological polar surface area (TPSA) is 26.3 Å². The van der Waals surface area contributed by atoms with Gasteiger partial charge in [-0.3, -0.25) is 4.79 Å². The van der Waals surface area contributed by atoms with Crippen LogP contribution in [0.3, 0.4) is 0 Å². The predicted octanol–water partition coefficient (Wildman–Crippen LogP) is 8.29. The monoisotopic (exact) mass is 400 g/mol. The van der Waals surface area contributed by atoms with Gasteiger partial charge in [0.15, 0.2) is 0 Å². The molecule has 0 radical (unpaired) electrons. The molecule has 0 bridgehead atoms. The molecule has 1 rings (SSSR count). The maximum atomic E-state index is 11.0. The Labute approximate surface area is 180 Å². The van der Waals surface area contributed by atoms with Crippen LogP contribution in [-0.4, -0.2) is 13.1 Å². The molecule has 0 aliphatic carbocycles. The average molecular weight is 401 g/mol. The number of ether oxygens (including phenoxy) is 1. The first-order valence-corrected chi connectivity index (χ1v) is 12.1. The third kappa shape index (κ3) is 14.1. The molecule has 0 aromatic heterocycles. The standard InChI is InChI=1S/C27H44O2/c1-3-4-5-6-12-15-20-25-22-18-19-23-26(25)21-16-13-10-8-7-9-11-14-17-24-27(28)29-2/h16,18-19,21-23H,3-15,17,20,24H2,1-2H3/b21-16+. The van der Waals surface area contributed by atoms with Gasteiger partial charge in [-0.15, -0.1) is 0 Å². The van der Waals surface area contributed by atoms with Crippen molar-refractivity contribution in [1.29, 1.82) is 0 Å². The van der Waals surface area contributed by atoms with Crippen LogP contribution in [0.25, 0.3) is 6.08 Å². The maximum absolute atomic E-state index is 11.0. The van der Waals surface area contributed by atoms with E-state index < -0.39 is 0 Å². The van der Waals surface area contributed by atoms with E-state index in [-0.39, 0.29) is 5.97 Å². The summed E-state index contributed by atoms with van der Waals surface area (Å²) in [5.41, 5.74) is 2.91. The van der Waals surface area contributed by atoms with E-state index in [0.717, 1.165) is 12.8 Å². The molecule has 0 unspecified atom stereocenters. The number of unbranched alkanes of at least 4 members (excludes halogenated alkanes) is 12. The molecule has 2 nitrogen and oxygen atoms in total. The summed E-state index contributed by atoms with van der Waals surface area (Å²) in [4.78, 5) is 11.0. The van der Waals surface area contributed by atoms with Crippen LogP contribution in [0.15, 0.2) is 30.3 Å². The van der Waals surface area contributed by atoms with Crippen LogP contribution in [0.1, 0.15) is 114 Å². The Balaban J connectivity index is 2.09. The molecule has 0 saturated carbocycles. The zero-order valence-electron chi connectivity index (χ0n) is 19.1. The van der Waals surface area contributed by atoms with Crippen LogP contribution in [0.4, 0.5) is 0 Å². The molecule has 29 heavy (non-hydrogen) atoms. The molecule has 0 aliphatic heterocycles. The van der Waals surface area contributed by atoms with Gasteiger partial charge in [0.2, 0.25) is 0 Å².